The van der Waals surface area contributed by atoms with Crippen molar-refractivity contribution >= 4 is 69.9 Å². The van der Waals surface area contributed by atoms with Crippen molar-refractivity contribution in [2.75, 3.05) is 72.5 Å². The van der Waals surface area contributed by atoms with Gasteiger partial charge in [-0.15, -0.1) is 0 Å². The molecule has 0 aliphatic carbocycles. The van der Waals surface area contributed by atoms with Crippen molar-refractivity contribution in [1.82, 2.24) is 24.8 Å². The zero-order valence-electron chi connectivity index (χ0n) is 45.3. The molecular weight excluding hydrogens is 1080 g/mol. The van der Waals surface area contributed by atoms with Gasteiger partial charge in [-0.1, -0.05) is 103 Å². The minimum atomic E-state index is -1.19. The van der Waals surface area contributed by atoms with Crippen LogP contribution in [0.2, 0.25) is 0 Å². The Labute approximate surface area is 460 Å². The molecule has 0 aliphatic rings. The average Bonchev–Trinajstić information content (AvgIpc) is 3.37. The number of nitrogens with two attached hydrogens (primary N) is 1. The number of amides is 5. The fraction of sp³-hybridized carbons (Fsp3) is 0.741. The molecule has 0 saturated heterocycles. The van der Waals surface area contributed by atoms with Crippen molar-refractivity contribution in [1.29, 1.82) is 0 Å². The van der Waals surface area contributed by atoms with Crippen molar-refractivity contribution in [3.05, 3.63) is 29.8 Å². The Bertz CT molecular complexity index is 1710. The van der Waals surface area contributed by atoms with Gasteiger partial charge in [0, 0.05) is 74.1 Å². The molecule has 20 nitrogen and oxygen atoms in total. The van der Waals surface area contributed by atoms with Crippen LogP contribution in [0.15, 0.2) is 24.3 Å². The molecule has 0 radical (unpaired) electrons. The highest BCUT2D eigenvalue weighted by molar-refractivity contribution is 14.1. The van der Waals surface area contributed by atoms with Crippen LogP contribution < -0.4 is 30.5 Å². The van der Waals surface area contributed by atoms with E-state index in [0.29, 0.717) is 44.4 Å². The van der Waals surface area contributed by atoms with E-state index in [2.05, 4.69) is 31.7 Å². The fourth-order valence-electron chi connectivity index (χ4n) is 7.41. The molecule has 1 aromatic rings. The van der Waals surface area contributed by atoms with Crippen molar-refractivity contribution in [2.24, 2.45) is 11.7 Å². The van der Waals surface area contributed by atoms with Crippen molar-refractivity contribution in [3.63, 3.8) is 0 Å². The molecule has 1 rings (SSSR count). The third-order valence-electron chi connectivity index (χ3n) is 11.8. The smallest absolute Gasteiger partial charge is 0.326 e. The highest BCUT2D eigenvalue weighted by Crippen LogP contribution is 2.18. The van der Waals surface area contributed by atoms with Crippen LogP contribution in [0.1, 0.15) is 168 Å². The van der Waals surface area contributed by atoms with E-state index in [1.54, 1.807) is 19.1 Å². The van der Waals surface area contributed by atoms with Gasteiger partial charge in [0.05, 0.1) is 45.7 Å². The Morgan fingerprint density at radius 3 is 1.57 bits per heavy atom. The summed E-state index contributed by atoms with van der Waals surface area (Å²) in [4.78, 5) is 94.9. The van der Waals surface area contributed by atoms with Crippen LogP contribution in [-0.2, 0) is 63.7 Å². The molecule has 0 bridgehead atoms. The molecule has 0 spiro atoms. The maximum absolute atomic E-state index is 12.9. The molecule has 9 N–H and O–H groups in total. The number of ketones is 2. The quantitative estimate of drug-likeness (QED) is 0.0208. The molecule has 3 atom stereocenters. The monoisotopic (exact) mass is 1180 g/mol. The minimum Gasteiger partial charge on any atom is -0.508 e. The number of unbranched alkanes of at least 4 members (excludes halogenated alkanes) is 13. The lowest BCUT2D eigenvalue weighted by molar-refractivity contribution is -0.142. The summed E-state index contributed by atoms with van der Waals surface area (Å²) in [6.07, 6.45) is 20.5. The van der Waals surface area contributed by atoms with Gasteiger partial charge in [-0.25, -0.2) is 4.79 Å². The zero-order chi connectivity index (χ0) is 55.7. The van der Waals surface area contributed by atoms with Crippen LogP contribution >= 0.6 is 22.9 Å². The van der Waals surface area contributed by atoms with Gasteiger partial charge >= 0.3 is 5.97 Å². The third kappa shape index (κ3) is 44.5. The van der Waals surface area contributed by atoms with Gasteiger partial charge in [0.2, 0.25) is 29.5 Å². The first-order valence-electron chi connectivity index (χ1n) is 27.2. The molecule has 0 heterocycles. The largest absolute Gasteiger partial charge is 0.508 e. The number of ether oxygens (including phenoxy) is 4. The number of carboxylic acid groups (broad SMARTS) is 1. The highest BCUT2D eigenvalue weighted by Gasteiger charge is 2.25. The number of primary amides is 1. The molecule has 430 valence electrons. The summed E-state index contributed by atoms with van der Waals surface area (Å²) in [6, 6.07) is 4.82. The van der Waals surface area contributed by atoms with Crippen molar-refractivity contribution < 1.29 is 67.5 Å². The normalized spacial score (nSPS) is 12.1. The lowest BCUT2D eigenvalue weighted by Gasteiger charge is -2.18. The minimum absolute atomic E-state index is 0.00282. The molecule has 21 heteroatoms. The molecule has 0 fully saturated rings. The van der Waals surface area contributed by atoms with E-state index in [0.717, 1.165) is 31.2 Å². The van der Waals surface area contributed by atoms with Gasteiger partial charge in [-0.05, 0) is 69.6 Å². The number of carbonyl (C=O) groups excluding carboxylic acids is 7. The summed E-state index contributed by atoms with van der Waals surface area (Å²) in [5.41, 5.74) is 6.35. The fourth-order valence-corrected chi connectivity index (χ4v) is 8.07. The van der Waals surface area contributed by atoms with E-state index in [1.807, 2.05) is 29.8 Å². The van der Waals surface area contributed by atoms with Crippen LogP contribution in [0, 0.1) is 5.92 Å². The number of carbonyl (C=O) groups is 8. The number of hydrogen-bond acceptors (Lipinski definition) is 14. The number of benzene rings is 1. The maximum atomic E-state index is 12.9. The van der Waals surface area contributed by atoms with Gasteiger partial charge in [0.1, 0.15) is 30.8 Å². The first-order valence-corrected chi connectivity index (χ1v) is 28.3. The SMILES string of the molecule is CCCCCC(=O)NC(CCC(=O)NCCOCCOCC(=O)NCCOCCOCC(=O)NCCCC[C@H](NI)C(=O)C[C@@H](Cc1ccc(O)cc1)C(N)=O)C(=O)O.CCCCCCCCCCCCCC(C)=O. The number of aliphatic carboxylic acids is 1. The van der Waals surface area contributed by atoms with Gasteiger partial charge in [0.25, 0.3) is 0 Å². The van der Waals surface area contributed by atoms with E-state index in [4.69, 9.17) is 24.7 Å². The summed E-state index contributed by atoms with van der Waals surface area (Å²) in [6.45, 7) is 7.70. The van der Waals surface area contributed by atoms with Crippen LogP contribution in [-0.4, -0.2) is 142 Å². The Kier molecular flexibility index (Phi) is 46.5. The highest BCUT2D eigenvalue weighted by atomic mass is 127. The standard InChI is InChI=1S/C39H63IN6O13.C15H30O/c1-2-3-4-8-35(50)45-32(39(54)55)13-14-34(49)43-16-18-56-20-23-59-27-37(52)44-17-19-57-21-22-58-26-36(51)42-15-6-5-7-31(46-40)33(48)25-29(38(41)53)24-28-9-11-30(47)12-10-28;1-3-4-5-6-7-8-9-10-11-12-13-14-15(2)16/h9-12,29,31-32,46-47H,2-8,13-27H2,1H3,(H2,41,53)(H,42,51)(H,43,49)(H,44,52)(H,45,50)(H,54,55);3-14H2,1-2H3/t29-,31+,32?;/m1./s1. The number of aromatic hydroxyl groups is 1. The number of Topliss-reactive ketones (excluding diaryl/α,β-unsaturated/α-hetero) is 2. The Morgan fingerprint density at radius 2 is 1.05 bits per heavy atom. The Balaban J connectivity index is 0.00000292. The van der Waals surface area contributed by atoms with Crippen LogP contribution in [0.4, 0.5) is 0 Å². The van der Waals surface area contributed by atoms with Gasteiger partial charge in [0.15, 0.2) is 5.78 Å². The summed E-state index contributed by atoms with van der Waals surface area (Å²) < 4.78 is 24.3. The van der Waals surface area contributed by atoms with Gasteiger partial charge < -0.3 is 61.0 Å². The predicted octanol–water partition coefficient (Wildman–Crippen LogP) is 6.10. The number of halogens is 1. The van der Waals surface area contributed by atoms with E-state index in [1.165, 1.54) is 76.3 Å². The van der Waals surface area contributed by atoms with Crippen LogP contribution in [0.3, 0.4) is 0 Å². The Hall–Kier alpha value is -4.29. The number of rotatable bonds is 49. The molecule has 5 amide bonds. The second-order valence-corrected chi connectivity index (χ2v) is 19.2. The molecule has 0 saturated carbocycles. The van der Waals surface area contributed by atoms with Crippen molar-refractivity contribution in [3.8, 4) is 5.75 Å². The average molecular weight is 1180 g/mol. The summed E-state index contributed by atoms with van der Waals surface area (Å²) in [5.74, 6) is -3.40. The molecule has 1 aromatic carbocycles. The molecule has 1 unspecified atom stereocenters. The van der Waals surface area contributed by atoms with Gasteiger partial charge in [-0.2, -0.15) is 0 Å². The number of nitrogens with one attached hydrogen (secondary N) is 5. The second-order valence-electron chi connectivity index (χ2n) is 18.6. The van der Waals surface area contributed by atoms with Gasteiger partial charge in [-0.3, -0.25) is 32.3 Å². The summed E-state index contributed by atoms with van der Waals surface area (Å²) in [5, 5.41) is 29.3. The van der Waals surface area contributed by atoms with Crippen molar-refractivity contribution in [2.45, 2.75) is 181 Å². The molecule has 75 heavy (non-hydrogen) atoms. The second kappa shape index (κ2) is 49.3. The van der Waals surface area contributed by atoms with E-state index >= 15 is 0 Å². The van der Waals surface area contributed by atoms with E-state index in [9.17, 15) is 48.6 Å². The molecule has 0 aromatic heterocycles. The lowest BCUT2D eigenvalue weighted by Crippen LogP contribution is -2.41. The number of phenolic OH excluding ortho intramolecular Hbond substituents is 1. The number of carboxylic acids is 1. The maximum Gasteiger partial charge on any atom is 0.326 e. The Morgan fingerprint density at radius 1 is 0.560 bits per heavy atom. The molecular formula is C54H93IN6O14. The van der Waals surface area contributed by atoms with Crippen LogP contribution in [0.5, 0.6) is 5.75 Å². The third-order valence-corrected chi connectivity index (χ3v) is 12.6. The summed E-state index contributed by atoms with van der Waals surface area (Å²) in [7, 11) is 0. The first kappa shape index (κ1) is 70.7. The lowest BCUT2D eigenvalue weighted by atomic mass is 9.90. The number of phenols is 1. The summed E-state index contributed by atoms with van der Waals surface area (Å²) >= 11 is 1.92. The topological polar surface area (TPSA) is 300 Å². The van der Waals surface area contributed by atoms with E-state index in [-0.39, 0.29) is 127 Å². The zero-order valence-corrected chi connectivity index (χ0v) is 47.5. The van der Waals surface area contributed by atoms with Crippen LogP contribution in [0.25, 0.3) is 0 Å². The van der Waals surface area contributed by atoms with E-state index < -0.39 is 29.9 Å². The first-order chi connectivity index (χ1) is 36.1. The number of hydrogen-bond donors (Lipinski definition) is 8. The predicted molar refractivity (Wildman–Crippen MR) is 296 cm³/mol. The molecule has 0 aliphatic heterocycles.